The van der Waals surface area contributed by atoms with E-state index in [4.69, 9.17) is 9.52 Å². The molecule has 3 aromatic rings. The van der Waals surface area contributed by atoms with Crippen LogP contribution in [0.2, 0.25) is 0 Å². The number of likely N-dealkylation sites (N-methyl/N-ethyl adjacent to an activating group) is 1. The van der Waals surface area contributed by atoms with Crippen LogP contribution in [-0.4, -0.2) is 35.1 Å². The first-order valence-electron chi connectivity index (χ1n) is 11.1. The lowest BCUT2D eigenvalue weighted by Crippen LogP contribution is -2.59. The number of nitrogens with zero attached hydrogens (tertiary/aromatic N) is 3. The Balaban J connectivity index is 1.62. The third-order valence-electron chi connectivity index (χ3n) is 7.26. The van der Waals surface area contributed by atoms with Crippen molar-refractivity contribution >= 4 is 5.90 Å². The maximum atomic E-state index is 13.6. The number of hydrogen-bond acceptors (Lipinski definition) is 5. The quantitative estimate of drug-likeness (QED) is 0.459. The lowest BCUT2D eigenvalue weighted by atomic mass is 9.66. The molecule has 0 spiro atoms. The lowest BCUT2D eigenvalue weighted by Gasteiger charge is -2.56. The summed E-state index contributed by atoms with van der Waals surface area (Å²) in [6.45, 7) is 2.87. The van der Waals surface area contributed by atoms with E-state index >= 15 is 0 Å². The molecule has 1 saturated carbocycles. The fraction of sp³-hybridized carbons (Fsp3) is 0.385. The molecule has 2 saturated heterocycles. The van der Waals surface area contributed by atoms with Gasteiger partial charge in [-0.2, -0.15) is 0 Å². The molecule has 2 aliphatic heterocycles. The molecule has 5 nitrogen and oxygen atoms in total. The van der Waals surface area contributed by atoms with E-state index in [0.717, 1.165) is 36.4 Å². The van der Waals surface area contributed by atoms with Gasteiger partial charge in [-0.3, -0.25) is 9.89 Å². The highest BCUT2D eigenvalue weighted by Gasteiger charge is 2.49. The van der Waals surface area contributed by atoms with Gasteiger partial charge in [0, 0.05) is 17.6 Å². The molecule has 2 aromatic carbocycles. The minimum absolute atomic E-state index is 0.121. The summed E-state index contributed by atoms with van der Waals surface area (Å²) >= 11 is 0. The number of aromatic nitrogens is 1. The second-order valence-electron chi connectivity index (χ2n) is 9.00. The zero-order valence-electron chi connectivity index (χ0n) is 18.1. The molecule has 0 radical (unpaired) electrons. The average Bonchev–Trinajstić information content (AvgIpc) is 3.21. The van der Waals surface area contributed by atoms with Crippen LogP contribution < -0.4 is 5.11 Å². The molecular formula is C26H28N3O2-. The van der Waals surface area contributed by atoms with Gasteiger partial charge in [-0.05, 0) is 57.0 Å². The van der Waals surface area contributed by atoms with Crippen LogP contribution in [0.5, 0.6) is 0 Å². The van der Waals surface area contributed by atoms with Gasteiger partial charge in [-0.15, -0.1) is 0 Å². The van der Waals surface area contributed by atoms with Gasteiger partial charge in [0.15, 0.2) is 0 Å². The predicted octanol–water partition coefficient (Wildman–Crippen LogP) is 4.37. The Morgan fingerprint density at radius 1 is 1.10 bits per heavy atom. The minimum atomic E-state index is -0.248. The van der Waals surface area contributed by atoms with Gasteiger partial charge in [-0.1, -0.05) is 65.8 Å². The Bertz CT molecular complexity index is 1070. The van der Waals surface area contributed by atoms with Crippen molar-refractivity contribution in [1.82, 2.24) is 10.1 Å². The molecular weight excluding hydrogens is 386 g/mol. The molecule has 1 unspecified atom stereocenters. The van der Waals surface area contributed by atoms with Crippen molar-refractivity contribution in [3.63, 3.8) is 0 Å². The van der Waals surface area contributed by atoms with Crippen molar-refractivity contribution in [3.8, 4) is 11.3 Å². The molecule has 160 valence electrons. The summed E-state index contributed by atoms with van der Waals surface area (Å²) in [5, 5.41) is 17.8. The first-order chi connectivity index (χ1) is 15.1. The highest BCUT2D eigenvalue weighted by atomic mass is 16.5. The fourth-order valence-corrected chi connectivity index (χ4v) is 5.53. The van der Waals surface area contributed by atoms with Crippen LogP contribution >= 0.6 is 0 Å². The summed E-state index contributed by atoms with van der Waals surface area (Å²) in [5.74, 6) is 1.03. The third kappa shape index (κ3) is 3.47. The van der Waals surface area contributed by atoms with Crippen LogP contribution in [0.1, 0.15) is 48.6 Å². The molecule has 0 N–H and O–H groups in total. The Labute approximate surface area is 183 Å². The summed E-state index contributed by atoms with van der Waals surface area (Å²) in [5.41, 5.74) is 2.87. The zero-order chi connectivity index (χ0) is 21.4. The van der Waals surface area contributed by atoms with E-state index in [9.17, 15) is 5.11 Å². The Morgan fingerprint density at radius 3 is 2.39 bits per heavy atom. The van der Waals surface area contributed by atoms with E-state index in [1.54, 1.807) is 6.92 Å². The molecule has 5 heteroatoms. The van der Waals surface area contributed by atoms with Gasteiger partial charge in [-0.25, -0.2) is 0 Å². The maximum Gasteiger partial charge on any atom is 0.142 e. The Morgan fingerprint density at radius 2 is 1.74 bits per heavy atom. The molecule has 6 rings (SSSR count). The number of aryl methyl sites for hydroxylation is 1. The van der Waals surface area contributed by atoms with Crippen molar-refractivity contribution in [2.75, 3.05) is 13.6 Å². The molecule has 1 aromatic heterocycles. The number of piperidine rings is 2. The summed E-state index contributed by atoms with van der Waals surface area (Å²) in [7, 11) is 2.20. The Hall–Kier alpha value is -2.92. The largest absolute Gasteiger partial charge is 0.858 e. The normalized spacial score (nSPS) is 25.0. The van der Waals surface area contributed by atoms with Crippen molar-refractivity contribution in [2.45, 2.75) is 44.2 Å². The third-order valence-corrected chi connectivity index (χ3v) is 7.26. The molecule has 1 atom stereocenters. The summed E-state index contributed by atoms with van der Waals surface area (Å²) < 4.78 is 5.44. The van der Waals surface area contributed by atoms with Crippen molar-refractivity contribution in [2.24, 2.45) is 10.9 Å². The second-order valence-corrected chi connectivity index (χ2v) is 9.00. The molecule has 1 aliphatic carbocycles. The van der Waals surface area contributed by atoms with Gasteiger partial charge >= 0.3 is 0 Å². The van der Waals surface area contributed by atoms with E-state index in [-0.39, 0.29) is 17.5 Å². The van der Waals surface area contributed by atoms with Crippen molar-refractivity contribution in [1.29, 1.82) is 0 Å². The smallest absolute Gasteiger partial charge is 0.142 e. The van der Waals surface area contributed by atoms with Crippen LogP contribution in [0.3, 0.4) is 0 Å². The van der Waals surface area contributed by atoms with E-state index in [0.29, 0.717) is 17.0 Å². The summed E-state index contributed by atoms with van der Waals surface area (Å²) in [6, 6.07) is 19.8. The van der Waals surface area contributed by atoms with E-state index in [1.165, 1.54) is 12.8 Å². The first kappa shape index (κ1) is 20.0. The average molecular weight is 415 g/mol. The predicted molar refractivity (Wildman–Crippen MR) is 120 cm³/mol. The van der Waals surface area contributed by atoms with Crippen LogP contribution in [0.25, 0.3) is 11.3 Å². The van der Waals surface area contributed by atoms with E-state index < -0.39 is 0 Å². The number of aliphatic imine (C=N–C) groups is 1. The first-order valence-corrected chi connectivity index (χ1v) is 11.1. The van der Waals surface area contributed by atoms with Gasteiger partial charge < -0.3 is 9.63 Å². The second kappa shape index (κ2) is 7.97. The van der Waals surface area contributed by atoms with E-state index in [1.807, 2.05) is 48.5 Å². The molecule has 0 amide bonds. The number of fused-ring (bicyclic) bond motifs is 3. The number of benzene rings is 2. The highest BCUT2D eigenvalue weighted by molar-refractivity contribution is 5.98. The van der Waals surface area contributed by atoms with Crippen LogP contribution in [-0.2, 0) is 0 Å². The van der Waals surface area contributed by atoms with E-state index in [2.05, 4.69) is 29.2 Å². The fourth-order valence-electron chi connectivity index (χ4n) is 5.53. The standard InChI is InChI=1S/C26H29N3O2/c1-18-22(23(28-31-18)20-9-5-3-6-10-20)25(30)27-24(21-11-7-4-8-12-21)26-15-13-19(14-16-26)17-29(26)2/h3-12,19,24H,13-17H2,1-2H3,(H,27,30)/p-1. The highest BCUT2D eigenvalue weighted by Crippen LogP contribution is 2.50. The SMILES string of the molecule is Cc1onc(-c2ccccc2)c1C([O-])=NC(c1ccccc1)C12CCC(CC1)CN2C. The van der Waals surface area contributed by atoms with Gasteiger partial charge in [0.25, 0.3) is 0 Å². The molecule has 31 heavy (non-hydrogen) atoms. The number of hydrogen-bond donors (Lipinski definition) is 0. The molecule has 3 aliphatic rings. The topological polar surface area (TPSA) is 64.7 Å². The zero-order valence-corrected chi connectivity index (χ0v) is 18.1. The molecule has 3 fully saturated rings. The van der Waals surface area contributed by atoms with Gasteiger partial charge in [0.1, 0.15) is 11.5 Å². The van der Waals surface area contributed by atoms with Gasteiger partial charge in [0.2, 0.25) is 0 Å². The molecule has 2 bridgehead atoms. The van der Waals surface area contributed by atoms with Crippen molar-refractivity contribution in [3.05, 3.63) is 77.6 Å². The van der Waals surface area contributed by atoms with Crippen molar-refractivity contribution < 1.29 is 9.63 Å². The number of rotatable bonds is 5. The monoisotopic (exact) mass is 414 g/mol. The van der Waals surface area contributed by atoms with Crippen LogP contribution in [0, 0.1) is 12.8 Å². The summed E-state index contributed by atoms with van der Waals surface area (Å²) in [4.78, 5) is 7.35. The molecule has 3 heterocycles. The van der Waals surface area contributed by atoms with Gasteiger partial charge in [0.05, 0.1) is 11.6 Å². The van der Waals surface area contributed by atoms with Crippen LogP contribution in [0.15, 0.2) is 70.2 Å². The Kier molecular flexibility index (Phi) is 5.14. The maximum absolute atomic E-state index is 13.6. The minimum Gasteiger partial charge on any atom is -0.858 e. The summed E-state index contributed by atoms with van der Waals surface area (Å²) in [6.07, 6.45) is 4.55. The lowest BCUT2D eigenvalue weighted by molar-refractivity contribution is -0.214. The van der Waals surface area contributed by atoms with Crippen LogP contribution in [0.4, 0.5) is 0 Å².